The molecule has 1 spiro atoms. The quantitative estimate of drug-likeness (QED) is 0.675. The zero-order chi connectivity index (χ0) is 11.9. The molecule has 2 fully saturated rings. The normalized spacial score (nSPS) is 35.6. The van der Waals surface area contributed by atoms with Crippen LogP contribution in [0.3, 0.4) is 0 Å². The van der Waals surface area contributed by atoms with Gasteiger partial charge in [0.05, 0.1) is 0 Å². The maximum Gasteiger partial charge on any atom is 0.306 e. The third-order valence-corrected chi connectivity index (χ3v) is 4.03. The zero-order valence-electron chi connectivity index (χ0n) is 10.8. The lowest BCUT2D eigenvalue weighted by Gasteiger charge is -2.30. The van der Waals surface area contributed by atoms with Crippen LogP contribution in [0, 0.1) is 5.92 Å². The van der Waals surface area contributed by atoms with Crippen LogP contribution in [0.15, 0.2) is 0 Å². The van der Waals surface area contributed by atoms with Gasteiger partial charge < -0.3 is 4.74 Å². The fraction of sp³-hybridized carbons (Fsp3) is 0.923. The number of nitrogens with zero attached hydrogens (tertiary/aromatic N) is 1. The van der Waals surface area contributed by atoms with Gasteiger partial charge in [0, 0.05) is 31.5 Å². The summed E-state index contributed by atoms with van der Waals surface area (Å²) >= 11 is 0. The summed E-state index contributed by atoms with van der Waals surface area (Å²) < 4.78 is 5.59. The Labute approximate surface area is 98.1 Å². The molecule has 92 valence electrons. The first-order valence-electron chi connectivity index (χ1n) is 6.41. The van der Waals surface area contributed by atoms with Crippen molar-refractivity contribution in [2.75, 3.05) is 6.54 Å². The third kappa shape index (κ3) is 1.97. The topological polar surface area (TPSA) is 29.5 Å². The number of ether oxygens (including phenoxy) is 1. The first-order valence-corrected chi connectivity index (χ1v) is 6.41. The largest absolute Gasteiger partial charge is 0.458 e. The van der Waals surface area contributed by atoms with E-state index in [0.29, 0.717) is 24.4 Å². The smallest absolute Gasteiger partial charge is 0.306 e. The van der Waals surface area contributed by atoms with Crippen LogP contribution in [0.4, 0.5) is 0 Å². The molecule has 2 aliphatic rings. The van der Waals surface area contributed by atoms with Gasteiger partial charge in [-0.25, -0.2) is 0 Å². The molecule has 0 aliphatic carbocycles. The molecule has 0 saturated carbocycles. The SMILES string of the molecule is CC(C)C1CC2(CCC(=O)O2)CN1C(C)C. The monoisotopic (exact) mass is 225 g/mol. The molecule has 0 radical (unpaired) electrons. The summed E-state index contributed by atoms with van der Waals surface area (Å²) in [5.41, 5.74) is -0.156. The fourth-order valence-corrected chi connectivity index (χ4v) is 3.13. The molecule has 0 amide bonds. The van der Waals surface area contributed by atoms with Crippen LogP contribution in [-0.2, 0) is 9.53 Å². The molecule has 0 N–H and O–H groups in total. The van der Waals surface area contributed by atoms with Crippen molar-refractivity contribution in [2.24, 2.45) is 5.92 Å². The Hall–Kier alpha value is -0.570. The lowest BCUT2D eigenvalue weighted by Crippen LogP contribution is -2.39. The minimum absolute atomic E-state index is 0.00638. The molecule has 2 unspecified atom stereocenters. The van der Waals surface area contributed by atoms with E-state index in [0.717, 1.165) is 19.4 Å². The van der Waals surface area contributed by atoms with Gasteiger partial charge in [-0.15, -0.1) is 0 Å². The summed E-state index contributed by atoms with van der Waals surface area (Å²) in [6, 6.07) is 1.09. The van der Waals surface area contributed by atoms with Crippen molar-refractivity contribution in [1.29, 1.82) is 0 Å². The van der Waals surface area contributed by atoms with Crippen LogP contribution in [0.2, 0.25) is 0 Å². The van der Waals surface area contributed by atoms with E-state index in [9.17, 15) is 4.79 Å². The Morgan fingerprint density at radius 1 is 1.38 bits per heavy atom. The summed E-state index contributed by atoms with van der Waals surface area (Å²) in [6.45, 7) is 9.90. The molecule has 2 atom stereocenters. The highest BCUT2D eigenvalue weighted by Gasteiger charge is 2.51. The van der Waals surface area contributed by atoms with Gasteiger partial charge in [0.15, 0.2) is 0 Å². The number of hydrogen-bond acceptors (Lipinski definition) is 3. The van der Waals surface area contributed by atoms with Crippen LogP contribution in [0.5, 0.6) is 0 Å². The second kappa shape index (κ2) is 4.02. The number of rotatable bonds is 2. The van der Waals surface area contributed by atoms with E-state index in [1.165, 1.54) is 0 Å². The standard InChI is InChI=1S/C13H23NO2/c1-9(2)11-7-13(6-5-12(15)16-13)8-14(11)10(3)4/h9-11H,5-8H2,1-4H3. The number of carbonyl (C=O) groups is 1. The van der Waals surface area contributed by atoms with Gasteiger partial charge in [-0.3, -0.25) is 9.69 Å². The number of esters is 1. The van der Waals surface area contributed by atoms with Gasteiger partial charge in [0.2, 0.25) is 0 Å². The molecular weight excluding hydrogens is 202 g/mol. The first-order chi connectivity index (χ1) is 7.43. The molecule has 3 heteroatoms. The Kier molecular flexibility index (Phi) is 2.99. The van der Waals surface area contributed by atoms with Gasteiger partial charge in [-0.1, -0.05) is 13.8 Å². The molecule has 16 heavy (non-hydrogen) atoms. The highest BCUT2D eigenvalue weighted by molar-refractivity contribution is 5.72. The van der Waals surface area contributed by atoms with Crippen LogP contribution < -0.4 is 0 Å². The van der Waals surface area contributed by atoms with E-state index in [2.05, 4.69) is 32.6 Å². The maximum atomic E-state index is 11.3. The minimum Gasteiger partial charge on any atom is -0.458 e. The Bertz CT molecular complexity index is 270. The average Bonchev–Trinajstić information content (AvgIpc) is 2.72. The maximum absolute atomic E-state index is 11.3. The van der Waals surface area contributed by atoms with Crippen molar-refractivity contribution in [3.63, 3.8) is 0 Å². The van der Waals surface area contributed by atoms with Crippen molar-refractivity contribution in [3.05, 3.63) is 0 Å². The molecule has 2 saturated heterocycles. The van der Waals surface area contributed by atoms with Crippen LogP contribution >= 0.6 is 0 Å². The third-order valence-electron chi connectivity index (χ3n) is 4.03. The average molecular weight is 225 g/mol. The zero-order valence-corrected chi connectivity index (χ0v) is 10.8. The predicted octanol–water partition coefficient (Wildman–Crippen LogP) is 2.20. The Morgan fingerprint density at radius 3 is 2.44 bits per heavy atom. The lowest BCUT2D eigenvalue weighted by molar-refractivity contribution is -0.147. The molecule has 3 nitrogen and oxygen atoms in total. The summed E-state index contributed by atoms with van der Waals surface area (Å²) in [5.74, 6) is 0.620. The van der Waals surface area contributed by atoms with Gasteiger partial charge in [-0.2, -0.15) is 0 Å². The summed E-state index contributed by atoms with van der Waals surface area (Å²) in [5, 5.41) is 0. The Balaban J connectivity index is 2.14. The van der Waals surface area contributed by atoms with Gasteiger partial charge in [-0.05, 0) is 26.2 Å². The lowest BCUT2D eigenvalue weighted by atomic mass is 9.92. The Morgan fingerprint density at radius 2 is 2.06 bits per heavy atom. The molecule has 2 aliphatic heterocycles. The molecule has 2 heterocycles. The van der Waals surface area contributed by atoms with Gasteiger partial charge in [0.25, 0.3) is 0 Å². The number of likely N-dealkylation sites (tertiary alicyclic amines) is 1. The van der Waals surface area contributed by atoms with Crippen LogP contribution in [0.25, 0.3) is 0 Å². The fourth-order valence-electron chi connectivity index (χ4n) is 3.13. The van der Waals surface area contributed by atoms with E-state index in [1.807, 2.05) is 0 Å². The summed E-state index contributed by atoms with van der Waals surface area (Å²) in [4.78, 5) is 13.8. The first kappa shape index (κ1) is 11.9. The van der Waals surface area contributed by atoms with E-state index >= 15 is 0 Å². The molecule has 2 rings (SSSR count). The molecule has 0 bridgehead atoms. The van der Waals surface area contributed by atoms with E-state index in [4.69, 9.17) is 4.74 Å². The summed E-state index contributed by atoms with van der Waals surface area (Å²) in [7, 11) is 0. The van der Waals surface area contributed by atoms with Crippen molar-refractivity contribution in [2.45, 2.75) is 64.6 Å². The predicted molar refractivity (Wildman–Crippen MR) is 63.1 cm³/mol. The van der Waals surface area contributed by atoms with Crippen molar-refractivity contribution in [3.8, 4) is 0 Å². The molecule has 0 aromatic carbocycles. The highest BCUT2D eigenvalue weighted by Crippen LogP contribution is 2.41. The minimum atomic E-state index is -0.156. The van der Waals surface area contributed by atoms with E-state index in [-0.39, 0.29) is 11.6 Å². The molecule has 0 aromatic heterocycles. The highest BCUT2D eigenvalue weighted by atomic mass is 16.6. The second-order valence-electron chi connectivity index (χ2n) is 5.94. The van der Waals surface area contributed by atoms with Gasteiger partial charge in [0.1, 0.15) is 5.60 Å². The van der Waals surface area contributed by atoms with Crippen LogP contribution in [0.1, 0.15) is 47.0 Å². The second-order valence-corrected chi connectivity index (χ2v) is 5.94. The van der Waals surface area contributed by atoms with E-state index in [1.54, 1.807) is 0 Å². The van der Waals surface area contributed by atoms with E-state index < -0.39 is 0 Å². The number of carbonyl (C=O) groups excluding carboxylic acids is 1. The molecular formula is C13H23NO2. The molecule has 0 aromatic rings. The number of hydrogen-bond donors (Lipinski definition) is 0. The van der Waals surface area contributed by atoms with Crippen LogP contribution in [-0.4, -0.2) is 35.1 Å². The van der Waals surface area contributed by atoms with Gasteiger partial charge >= 0.3 is 5.97 Å². The van der Waals surface area contributed by atoms with Crippen molar-refractivity contribution in [1.82, 2.24) is 4.90 Å². The van der Waals surface area contributed by atoms with Crippen molar-refractivity contribution >= 4 is 5.97 Å². The summed E-state index contributed by atoms with van der Waals surface area (Å²) in [6.07, 6.45) is 2.55. The van der Waals surface area contributed by atoms with Crippen molar-refractivity contribution < 1.29 is 9.53 Å².